The quantitative estimate of drug-likeness (QED) is 0.931. The van der Waals surface area contributed by atoms with Crippen molar-refractivity contribution in [2.24, 2.45) is 7.05 Å². The molecule has 0 aliphatic rings. The molecule has 5 nitrogen and oxygen atoms in total. The molecular weight excluding hydrogens is 256 g/mol. The van der Waals surface area contributed by atoms with Gasteiger partial charge in [0.25, 0.3) is 0 Å². The van der Waals surface area contributed by atoms with Gasteiger partial charge in [-0.05, 0) is 35.7 Å². The van der Waals surface area contributed by atoms with Gasteiger partial charge in [0, 0.05) is 12.6 Å². The molecule has 0 bridgehead atoms. The molecule has 20 heavy (non-hydrogen) atoms. The van der Waals surface area contributed by atoms with Gasteiger partial charge in [0.2, 0.25) is 0 Å². The minimum absolute atomic E-state index is 0.168. The Labute approximate surface area is 117 Å². The molecule has 0 atom stereocenters. The fourth-order valence-corrected chi connectivity index (χ4v) is 2.15. The average molecular weight is 274 g/mol. The molecule has 0 radical (unpaired) electrons. The van der Waals surface area contributed by atoms with Gasteiger partial charge in [-0.15, -0.1) is 0 Å². The van der Waals surface area contributed by atoms with E-state index in [1.807, 2.05) is 18.2 Å². The molecule has 0 saturated carbocycles. The number of benzene rings is 1. The van der Waals surface area contributed by atoms with Gasteiger partial charge in [0.05, 0.1) is 12.8 Å². The van der Waals surface area contributed by atoms with Crippen molar-refractivity contribution in [1.29, 1.82) is 0 Å². The minimum atomic E-state index is -0.983. The van der Waals surface area contributed by atoms with E-state index in [-0.39, 0.29) is 5.69 Å². The van der Waals surface area contributed by atoms with Crippen molar-refractivity contribution in [1.82, 2.24) is 9.78 Å². The van der Waals surface area contributed by atoms with Crippen molar-refractivity contribution in [2.75, 3.05) is 7.11 Å². The van der Waals surface area contributed by atoms with Crippen LogP contribution in [-0.2, 0) is 7.05 Å². The lowest BCUT2D eigenvalue weighted by atomic mass is 9.98. The topological polar surface area (TPSA) is 64.3 Å². The highest BCUT2D eigenvalue weighted by Gasteiger charge is 2.15. The van der Waals surface area contributed by atoms with Gasteiger partial charge >= 0.3 is 5.97 Å². The number of hydrogen-bond donors (Lipinski definition) is 1. The highest BCUT2D eigenvalue weighted by Crippen LogP contribution is 2.31. The maximum Gasteiger partial charge on any atom is 0.354 e. The summed E-state index contributed by atoms with van der Waals surface area (Å²) in [5.41, 5.74) is 2.78. The normalized spacial score (nSPS) is 10.8. The second-order valence-corrected chi connectivity index (χ2v) is 4.96. The van der Waals surface area contributed by atoms with Crippen LogP contribution < -0.4 is 4.74 Å². The smallest absolute Gasteiger partial charge is 0.354 e. The van der Waals surface area contributed by atoms with E-state index in [9.17, 15) is 4.79 Å². The number of aromatic carboxylic acids is 1. The van der Waals surface area contributed by atoms with Gasteiger partial charge in [-0.2, -0.15) is 5.10 Å². The molecule has 0 fully saturated rings. The maximum absolute atomic E-state index is 11.1. The van der Waals surface area contributed by atoms with Gasteiger partial charge in [-0.25, -0.2) is 4.79 Å². The van der Waals surface area contributed by atoms with E-state index >= 15 is 0 Å². The molecule has 2 rings (SSSR count). The summed E-state index contributed by atoms with van der Waals surface area (Å²) in [5.74, 6) is 0.162. The zero-order chi connectivity index (χ0) is 14.9. The average Bonchev–Trinajstić information content (AvgIpc) is 2.80. The molecule has 5 heteroatoms. The summed E-state index contributed by atoms with van der Waals surface area (Å²) in [7, 11) is 3.27. The zero-order valence-electron chi connectivity index (χ0n) is 12.0. The fraction of sp³-hybridized carbons (Fsp3) is 0.333. The van der Waals surface area contributed by atoms with Crippen LogP contribution in [-0.4, -0.2) is 28.0 Å². The molecule has 0 amide bonds. The van der Waals surface area contributed by atoms with E-state index in [0.717, 1.165) is 16.9 Å². The largest absolute Gasteiger partial charge is 0.496 e. The Balaban J connectivity index is 2.50. The first-order valence-electron chi connectivity index (χ1n) is 6.39. The number of methoxy groups -OCH3 is 1. The van der Waals surface area contributed by atoms with Crippen LogP contribution in [0.5, 0.6) is 5.75 Å². The Kier molecular flexibility index (Phi) is 3.79. The molecule has 106 valence electrons. The first-order valence-corrected chi connectivity index (χ1v) is 6.39. The number of rotatable bonds is 4. The lowest BCUT2D eigenvalue weighted by Crippen LogP contribution is -2.04. The van der Waals surface area contributed by atoms with E-state index < -0.39 is 5.97 Å². The third-order valence-electron chi connectivity index (χ3n) is 3.25. The van der Waals surface area contributed by atoms with Crippen molar-refractivity contribution >= 4 is 5.97 Å². The Morgan fingerprint density at radius 2 is 2.05 bits per heavy atom. The van der Waals surface area contributed by atoms with Crippen molar-refractivity contribution in [3.63, 3.8) is 0 Å². The number of ether oxygens (including phenoxy) is 1. The fourth-order valence-electron chi connectivity index (χ4n) is 2.15. The Morgan fingerprint density at radius 1 is 1.35 bits per heavy atom. The Morgan fingerprint density at radius 3 is 2.55 bits per heavy atom. The number of nitrogens with zero attached hydrogens (tertiary/aromatic N) is 2. The molecule has 0 aliphatic carbocycles. The predicted molar refractivity (Wildman–Crippen MR) is 76.2 cm³/mol. The number of carboxylic acids is 1. The van der Waals surface area contributed by atoms with E-state index in [4.69, 9.17) is 9.84 Å². The van der Waals surface area contributed by atoms with Gasteiger partial charge in [-0.1, -0.05) is 13.8 Å². The van der Waals surface area contributed by atoms with Crippen LogP contribution in [0.1, 0.15) is 35.8 Å². The molecule has 1 aromatic carbocycles. The molecule has 1 aromatic heterocycles. The molecule has 1 N–H and O–H groups in total. The number of hydrogen-bond acceptors (Lipinski definition) is 3. The maximum atomic E-state index is 11.1. The Hall–Kier alpha value is -2.30. The molecule has 2 aromatic rings. The van der Waals surface area contributed by atoms with E-state index in [1.54, 1.807) is 20.2 Å². The van der Waals surface area contributed by atoms with Gasteiger partial charge in [-0.3, -0.25) is 4.68 Å². The van der Waals surface area contributed by atoms with Crippen molar-refractivity contribution < 1.29 is 14.6 Å². The monoisotopic (exact) mass is 274 g/mol. The standard InChI is InChI=1S/C15H18N2O3/c1-9(2)11-7-10(5-6-14(11)20-4)12-8-13(15(18)19)17(3)16-12/h5-9H,1-4H3,(H,18,19). The van der Waals surface area contributed by atoms with Crippen molar-refractivity contribution in [2.45, 2.75) is 19.8 Å². The van der Waals surface area contributed by atoms with Crippen molar-refractivity contribution in [3.8, 4) is 17.0 Å². The molecule has 0 saturated heterocycles. The van der Waals surface area contributed by atoms with Crippen LogP contribution in [0.15, 0.2) is 24.3 Å². The molecular formula is C15H18N2O3. The van der Waals surface area contributed by atoms with Gasteiger partial charge < -0.3 is 9.84 Å². The van der Waals surface area contributed by atoms with E-state index in [0.29, 0.717) is 11.6 Å². The highest BCUT2D eigenvalue weighted by molar-refractivity contribution is 5.87. The van der Waals surface area contributed by atoms with Crippen LogP contribution in [0.3, 0.4) is 0 Å². The Bertz CT molecular complexity index is 645. The summed E-state index contributed by atoms with van der Waals surface area (Å²) >= 11 is 0. The van der Waals surface area contributed by atoms with Crippen LogP contribution in [0.2, 0.25) is 0 Å². The molecule has 0 unspecified atom stereocenters. The molecule has 1 heterocycles. The number of aryl methyl sites for hydroxylation is 1. The summed E-state index contributed by atoms with van der Waals surface area (Å²) in [5, 5.41) is 13.3. The highest BCUT2D eigenvalue weighted by atomic mass is 16.5. The van der Waals surface area contributed by atoms with Crippen LogP contribution >= 0.6 is 0 Å². The van der Waals surface area contributed by atoms with Crippen molar-refractivity contribution in [3.05, 3.63) is 35.5 Å². The van der Waals surface area contributed by atoms with Crippen LogP contribution in [0, 0.1) is 0 Å². The minimum Gasteiger partial charge on any atom is -0.496 e. The third-order valence-corrected chi connectivity index (χ3v) is 3.25. The van der Waals surface area contributed by atoms with Gasteiger partial charge in [0.15, 0.2) is 0 Å². The first kappa shape index (κ1) is 14.1. The lowest BCUT2D eigenvalue weighted by molar-refractivity contribution is 0.0685. The summed E-state index contributed by atoms with van der Waals surface area (Å²) < 4.78 is 6.72. The number of carboxylic acid groups (broad SMARTS) is 1. The number of carbonyl (C=O) groups is 1. The summed E-state index contributed by atoms with van der Waals surface area (Å²) in [6, 6.07) is 7.35. The second-order valence-electron chi connectivity index (χ2n) is 4.96. The predicted octanol–water partition coefficient (Wildman–Crippen LogP) is 2.92. The van der Waals surface area contributed by atoms with E-state index in [1.165, 1.54) is 4.68 Å². The summed E-state index contributed by atoms with van der Waals surface area (Å²) in [6.07, 6.45) is 0. The second kappa shape index (κ2) is 5.36. The van der Waals surface area contributed by atoms with Crippen LogP contribution in [0.25, 0.3) is 11.3 Å². The zero-order valence-corrected chi connectivity index (χ0v) is 12.0. The summed E-state index contributed by atoms with van der Waals surface area (Å²) in [6.45, 7) is 4.17. The van der Waals surface area contributed by atoms with Crippen LogP contribution in [0.4, 0.5) is 0 Å². The molecule has 0 spiro atoms. The summed E-state index contributed by atoms with van der Waals surface area (Å²) in [4.78, 5) is 11.1. The lowest BCUT2D eigenvalue weighted by Gasteiger charge is -2.12. The molecule has 0 aliphatic heterocycles. The SMILES string of the molecule is COc1ccc(-c2cc(C(=O)O)n(C)n2)cc1C(C)C. The third kappa shape index (κ3) is 2.52. The van der Waals surface area contributed by atoms with Gasteiger partial charge in [0.1, 0.15) is 11.4 Å². The number of aromatic nitrogens is 2. The van der Waals surface area contributed by atoms with E-state index in [2.05, 4.69) is 18.9 Å². The first-order chi connectivity index (χ1) is 9.43.